The normalized spacial score (nSPS) is 15.7. The highest BCUT2D eigenvalue weighted by Crippen LogP contribution is 2.37. The van der Waals surface area contributed by atoms with Crippen molar-refractivity contribution in [3.05, 3.63) is 53.9 Å². The summed E-state index contributed by atoms with van der Waals surface area (Å²) in [5.41, 5.74) is 1.99. The van der Waals surface area contributed by atoms with Crippen LogP contribution in [0.2, 0.25) is 0 Å². The molecule has 0 radical (unpaired) electrons. The number of benzene rings is 1. The van der Waals surface area contributed by atoms with Gasteiger partial charge in [-0.3, -0.25) is 4.79 Å². The summed E-state index contributed by atoms with van der Waals surface area (Å²) in [6, 6.07) is 11.4. The molecule has 1 aliphatic heterocycles. The van der Waals surface area contributed by atoms with Gasteiger partial charge in [0.05, 0.1) is 7.11 Å². The first kappa shape index (κ1) is 19.8. The van der Waals surface area contributed by atoms with Crippen LogP contribution in [0.1, 0.15) is 24.2 Å². The van der Waals surface area contributed by atoms with Gasteiger partial charge < -0.3 is 24.0 Å². The summed E-state index contributed by atoms with van der Waals surface area (Å²) in [4.78, 5) is 30.6. The van der Waals surface area contributed by atoms with E-state index in [1.165, 1.54) is 4.90 Å². The molecular weight excluding hydrogens is 356 g/mol. The summed E-state index contributed by atoms with van der Waals surface area (Å²) in [7, 11) is 5.03. The summed E-state index contributed by atoms with van der Waals surface area (Å²) in [5.74, 6) is 0.678. The van der Waals surface area contributed by atoms with E-state index in [1.54, 1.807) is 26.1 Å². The molecule has 1 aromatic heterocycles. The van der Waals surface area contributed by atoms with Crippen molar-refractivity contribution in [3.8, 4) is 5.75 Å². The van der Waals surface area contributed by atoms with Gasteiger partial charge in [0.2, 0.25) is 5.91 Å². The molecule has 2 aromatic rings. The lowest BCUT2D eigenvalue weighted by Crippen LogP contribution is -2.49. The van der Waals surface area contributed by atoms with Crippen molar-refractivity contribution in [2.45, 2.75) is 19.5 Å². The minimum atomic E-state index is -0.249. The third-order valence-electron chi connectivity index (χ3n) is 5.15. The maximum Gasteiger partial charge on any atom is 0.319 e. The monoisotopic (exact) mass is 384 g/mol. The molecule has 150 valence electrons. The Morgan fingerprint density at radius 1 is 1.14 bits per heavy atom. The van der Waals surface area contributed by atoms with Gasteiger partial charge in [0.25, 0.3) is 0 Å². The van der Waals surface area contributed by atoms with E-state index in [2.05, 4.69) is 4.57 Å². The first-order valence-electron chi connectivity index (χ1n) is 9.51. The zero-order valence-electron chi connectivity index (χ0n) is 17.0. The van der Waals surface area contributed by atoms with Gasteiger partial charge in [-0.2, -0.15) is 0 Å². The molecule has 0 saturated carbocycles. The Morgan fingerprint density at radius 3 is 2.57 bits per heavy atom. The fraction of sp³-hybridized carbons (Fsp3) is 0.429. The Hall–Kier alpha value is -2.96. The second kappa shape index (κ2) is 8.37. The predicted molar refractivity (Wildman–Crippen MR) is 107 cm³/mol. The lowest BCUT2D eigenvalue weighted by Gasteiger charge is -2.39. The molecule has 0 N–H and O–H groups in total. The summed E-state index contributed by atoms with van der Waals surface area (Å²) in [6.45, 7) is 3.73. The molecule has 1 aromatic carbocycles. The molecule has 0 bridgehead atoms. The van der Waals surface area contributed by atoms with Gasteiger partial charge in [0.1, 0.15) is 18.3 Å². The zero-order valence-corrected chi connectivity index (χ0v) is 17.0. The average molecular weight is 384 g/mol. The number of aromatic nitrogens is 1. The molecule has 0 unspecified atom stereocenters. The molecule has 3 amide bonds. The summed E-state index contributed by atoms with van der Waals surface area (Å²) in [5, 5.41) is 0. The molecule has 2 heterocycles. The minimum Gasteiger partial charge on any atom is -0.496 e. The Morgan fingerprint density at radius 2 is 1.89 bits per heavy atom. The number of rotatable bonds is 5. The number of carbonyl (C=O) groups excluding carboxylic acids is 2. The molecule has 3 rings (SSSR count). The van der Waals surface area contributed by atoms with E-state index < -0.39 is 0 Å². The number of urea groups is 1. The fourth-order valence-corrected chi connectivity index (χ4v) is 3.72. The van der Waals surface area contributed by atoms with E-state index >= 15 is 0 Å². The number of hydrogen-bond donors (Lipinski definition) is 0. The third-order valence-corrected chi connectivity index (χ3v) is 5.15. The Balaban J connectivity index is 1.95. The fourth-order valence-electron chi connectivity index (χ4n) is 3.72. The van der Waals surface area contributed by atoms with Gasteiger partial charge in [0.15, 0.2) is 0 Å². The highest BCUT2D eigenvalue weighted by atomic mass is 16.5. The van der Waals surface area contributed by atoms with Crippen LogP contribution in [0.4, 0.5) is 4.79 Å². The maximum absolute atomic E-state index is 13.3. The number of methoxy groups -OCH3 is 1. The van der Waals surface area contributed by atoms with Crippen molar-refractivity contribution in [2.24, 2.45) is 0 Å². The van der Waals surface area contributed by atoms with Gasteiger partial charge in [-0.05, 0) is 25.1 Å². The first-order valence-corrected chi connectivity index (χ1v) is 9.51. The lowest BCUT2D eigenvalue weighted by atomic mass is 9.98. The second-order valence-electron chi connectivity index (χ2n) is 7.05. The average Bonchev–Trinajstić information content (AvgIpc) is 3.19. The molecule has 1 aliphatic rings. The number of fused-ring (bicyclic) bond motifs is 1. The van der Waals surface area contributed by atoms with Gasteiger partial charge in [-0.25, -0.2) is 4.79 Å². The van der Waals surface area contributed by atoms with Crippen molar-refractivity contribution >= 4 is 11.9 Å². The van der Waals surface area contributed by atoms with E-state index in [0.717, 1.165) is 23.6 Å². The molecular formula is C21H28N4O3. The molecule has 7 nitrogen and oxygen atoms in total. The van der Waals surface area contributed by atoms with Crippen molar-refractivity contribution in [1.29, 1.82) is 0 Å². The van der Waals surface area contributed by atoms with E-state index in [1.807, 2.05) is 54.4 Å². The highest BCUT2D eigenvalue weighted by molar-refractivity contribution is 5.84. The maximum atomic E-state index is 13.3. The largest absolute Gasteiger partial charge is 0.496 e. The van der Waals surface area contributed by atoms with E-state index in [-0.39, 0.29) is 24.5 Å². The zero-order chi connectivity index (χ0) is 20.3. The van der Waals surface area contributed by atoms with Gasteiger partial charge >= 0.3 is 6.03 Å². The second-order valence-corrected chi connectivity index (χ2v) is 7.05. The SMILES string of the molecule is CCN(CC(=O)N1CCn2cccc2[C@H]1c1ccccc1OC)C(=O)N(C)C. The van der Waals surface area contributed by atoms with Crippen LogP contribution in [-0.4, -0.2) is 72.0 Å². The Bertz CT molecular complexity index is 846. The van der Waals surface area contributed by atoms with Crippen LogP contribution in [-0.2, 0) is 11.3 Å². The van der Waals surface area contributed by atoms with Crippen LogP contribution >= 0.6 is 0 Å². The minimum absolute atomic E-state index is 0.0554. The summed E-state index contributed by atoms with van der Waals surface area (Å²) >= 11 is 0. The number of nitrogens with zero attached hydrogens (tertiary/aromatic N) is 4. The molecule has 1 atom stereocenters. The van der Waals surface area contributed by atoms with Crippen molar-refractivity contribution in [3.63, 3.8) is 0 Å². The van der Waals surface area contributed by atoms with Crippen LogP contribution in [0.25, 0.3) is 0 Å². The van der Waals surface area contributed by atoms with Gasteiger partial charge in [-0.15, -0.1) is 0 Å². The molecule has 0 saturated heterocycles. The number of para-hydroxylation sites is 1. The van der Waals surface area contributed by atoms with Crippen LogP contribution in [0, 0.1) is 0 Å². The number of likely N-dealkylation sites (N-methyl/N-ethyl adjacent to an activating group) is 1. The standard InChI is InChI=1S/C21H28N4O3/c1-5-23(21(27)22(2)3)15-19(26)25-14-13-24-12-8-10-17(24)20(25)16-9-6-7-11-18(16)28-4/h6-12,20H,5,13-15H2,1-4H3/t20-/m1/s1. The molecule has 7 heteroatoms. The summed E-state index contributed by atoms with van der Waals surface area (Å²) < 4.78 is 7.74. The van der Waals surface area contributed by atoms with Gasteiger partial charge in [-0.1, -0.05) is 18.2 Å². The van der Waals surface area contributed by atoms with Crippen LogP contribution in [0.15, 0.2) is 42.6 Å². The predicted octanol–water partition coefficient (Wildman–Crippen LogP) is 2.43. The number of hydrogen-bond acceptors (Lipinski definition) is 3. The van der Waals surface area contributed by atoms with Gasteiger partial charge in [0, 0.05) is 51.2 Å². The lowest BCUT2D eigenvalue weighted by molar-refractivity contribution is -0.134. The topological polar surface area (TPSA) is 58.0 Å². The number of ether oxygens (including phenoxy) is 1. The van der Waals surface area contributed by atoms with E-state index in [9.17, 15) is 9.59 Å². The van der Waals surface area contributed by atoms with E-state index in [0.29, 0.717) is 13.1 Å². The molecule has 0 aliphatic carbocycles. The quantitative estimate of drug-likeness (QED) is 0.796. The number of amides is 3. The van der Waals surface area contributed by atoms with Crippen LogP contribution in [0.3, 0.4) is 0 Å². The van der Waals surface area contributed by atoms with Crippen molar-refractivity contribution in [2.75, 3.05) is 40.8 Å². The number of carbonyl (C=O) groups is 2. The molecule has 28 heavy (non-hydrogen) atoms. The smallest absolute Gasteiger partial charge is 0.319 e. The van der Waals surface area contributed by atoms with E-state index in [4.69, 9.17) is 4.74 Å². The first-order chi connectivity index (χ1) is 13.5. The summed E-state index contributed by atoms with van der Waals surface area (Å²) in [6.07, 6.45) is 2.04. The van der Waals surface area contributed by atoms with Crippen molar-refractivity contribution < 1.29 is 14.3 Å². The Labute approximate surface area is 166 Å². The van der Waals surface area contributed by atoms with Crippen LogP contribution < -0.4 is 4.74 Å². The third kappa shape index (κ3) is 3.69. The van der Waals surface area contributed by atoms with Crippen LogP contribution in [0.5, 0.6) is 5.75 Å². The molecule has 0 fully saturated rings. The Kier molecular flexibility index (Phi) is 5.92. The highest BCUT2D eigenvalue weighted by Gasteiger charge is 2.34. The molecule has 0 spiro atoms. The van der Waals surface area contributed by atoms with Crippen molar-refractivity contribution in [1.82, 2.24) is 19.3 Å².